The van der Waals surface area contributed by atoms with E-state index in [9.17, 15) is 0 Å². The van der Waals surface area contributed by atoms with Crippen LogP contribution < -0.4 is 10.6 Å². The summed E-state index contributed by atoms with van der Waals surface area (Å²) in [7, 11) is 0. The van der Waals surface area contributed by atoms with E-state index < -0.39 is 0 Å². The van der Waals surface area contributed by atoms with Gasteiger partial charge in [0.15, 0.2) is 5.69 Å². The molecule has 2 rings (SSSR count). The van der Waals surface area contributed by atoms with Gasteiger partial charge in [-0.15, -0.1) is 0 Å². The monoisotopic (exact) mass is 341 g/mol. The van der Waals surface area contributed by atoms with E-state index in [1.165, 1.54) is 6.20 Å². The molecule has 0 spiro atoms. The summed E-state index contributed by atoms with van der Waals surface area (Å²) in [6.45, 7) is 1.14. The predicted molar refractivity (Wildman–Crippen MR) is 85.2 cm³/mol. The molecule has 0 aliphatic rings. The maximum atomic E-state index is 8.85. The van der Waals surface area contributed by atoms with Crippen molar-refractivity contribution in [3.63, 3.8) is 0 Å². The molecule has 21 heavy (non-hydrogen) atoms. The quantitative estimate of drug-likeness (QED) is 0.808. The van der Waals surface area contributed by atoms with Gasteiger partial charge < -0.3 is 10.6 Å². The molecule has 0 saturated heterocycles. The highest BCUT2D eigenvalue weighted by atomic mass is 35.5. The molecule has 2 aromatic rings. The Morgan fingerprint density at radius 3 is 2.57 bits per heavy atom. The number of nitrogens with one attached hydrogen (secondary N) is 2. The van der Waals surface area contributed by atoms with E-state index in [0.717, 1.165) is 0 Å². The second-order valence-electron chi connectivity index (χ2n) is 3.98. The van der Waals surface area contributed by atoms with Crippen molar-refractivity contribution in [1.29, 1.82) is 5.26 Å². The highest BCUT2D eigenvalue weighted by Gasteiger charge is 2.04. The number of nitrogens with zero attached hydrogens (tertiary/aromatic N) is 3. The smallest absolute Gasteiger partial charge is 0.161 e. The van der Waals surface area contributed by atoms with Gasteiger partial charge >= 0.3 is 0 Å². The van der Waals surface area contributed by atoms with Crippen molar-refractivity contribution in [2.45, 2.75) is 0 Å². The summed E-state index contributed by atoms with van der Waals surface area (Å²) < 4.78 is 0. The molecule has 0 bridgehead atoms. The molecular weight excluding hydrogens is 333 g/mol. The highest BCUT2D eigenvalue weighted by Crippen LogP contribution is 2.22. The van der Waals surface area contributed by atoms with Crippen molar-refractivity contribution in [2.75, 3.05) is 23.7 Å². The minimum Gasteiger partial charge on any atom is -0.368 e. The van der Waals surface area contributed by atoms with Crippen molar-refractivity contribution in [2.24, 2.45) is 0 Å². The maximum Gasteiger partial charge on any atom is 0.161 e. The molecule has 0 aliphatic carbocycles. The van der Waals surface area contributed by atoms with E-state index in [1.54, 1.807) is 18.2 Å². The summed E-state index contributed by atoms with van der Waals surface area (Å²) in [5.41, 5.74) is 0.192. The first-order valence-electron chi connectivity index (χ1n) is 5.95. The third kappa shape index (κ3) is 4.36. The summed E-state index contributed by atoms with van der Waals surface area (Å²) in [4.78, 5) is 8.16. The van der Waals surface area contributed by atoms with Crippen molar-refractivity contribution < 1.29 is 0 Å². The Hall–Kier alpha value is -1.74. The number of aromatic nitrogens is 2. The van der Waals surface area contributed by atoms with Crippen molar-refractivity contribution in [3.8, 4) is 6.07 Å². The number of hydrogen-bond donors (Lipinski definition) is 2. The lowest BCUT2D eigenvalue weighted by atomic mass is 10.3. The fourth-order valence-electron chi connectivity index (χ4n) is 1.54. The van der Waals surface area contributed by atoms with Crippen LogP contribution in [-0.4, -0.2) is 23.1 Å². The fraction of sp³-hybridized carbons (Fsp3) is 0.154. The van der Waals surface area contributed by atoms with Crippen LogP contribution in [0.5, 0.6) is 0 Å². The minimum atomic E-state index is 0.192. The first-order chi connectivity index (χ1) is 10.1. The lowest BCUT2D eigenvalue weighted by molar-refractivity contribution is 1.04. The van der Waals surface area contributed by atoms with Crippen LogP contribution in [0.1, 0.15) is 5.69 Å². The zero-order valence-corrected chi connectivity index (χ0v) is 13.0. The van der Waals surface area contributed by atoms with Gasteiger partial charge in [-0.2, -0.15) is 5.26 Å². The zero-order chi connectivity index (χ0) is 15.2. The molecule has 0 atom stereocenters. The van der Waals surface area contributed by atoms with Crippen LogP contribution in [0.3, 0.4) is 0 Å². The Kier molecular flexibility index (Phi) is 5.45. The molecule has 2 aromatic heterocycles. The number of rotatable bonds is 5. The molecule has 0 unspecified atom stereocenters. The van der Waals surface area contributed by atoms with Crippen LogP contribution in [0.4, 0.5) is 11.6 Å². The Labute approximate surface area is 136 Å². The Bertz CT molecular complexity index is 684. The van der Waals surface area contributed by atoms with E-state index in [4.69, 9.17) is 40.1 Å². The lowest BCUT2D eigenvalue weighted by Crippen LogP contribution is -2.15. The molecule has 0 fully saturated rings. The summed E-state index contributed by atoms with van der Waals surface area (Å²) in [5, 5.41) is 16.3. The number of hydrogen-bond acceptors (Lipinski definition) is 5. The fourth-order valence-corrected chi connectivity index (χ4v) is 2.13. The summed E-state index contributed by atoms with van der Waals surface area (Å²) in [5.74, 6) is 1.14. The predicted octanol–water partition coefficient (Wildman–Crippen LogP) is 3.83. The Morgan fingerprint density at radius 1 is 1.10 bits per heavy atom. The Balaban J connectivity index is 1.86. The second kappa shape index (κ2) is 7.32. The molecule has 0 radical (unpaired) electrons. The van der Waals surface area contributed by atoms with Gasteiger partial charge in [0.1, 0.15) is 17.7 Å². The van der Waals surface area contributed by atoms with Crippen LogP contribution in [0.25, 0.3) is 0 Å². The molecule has 0 saturated carbocycles. The number of halogens is 3. The van der Waals surface area contributed by atoms with Crippen molar-refractivity contribution >= 4 is 46.4 Å². The summed E-state index contributed by atoms with van der Waals surface area (Å²) in [6, 6.07) is 6.87. The van der Waals surface area contributed by atoms with Crippen LogP contribution in [-0.2, 0) is 0 Å². The summed E-state index contributed by atoms with van der Waals surface area (Å²) in [6.07, 6.45) is 1.52. The first-order valence-corrected chi connectivity index (χ1v) is 7.09. The zero-order valence-electron chi connectivity index (χ0n) is 10.7. The van der Waals surface area contributed by atoms with Crippen LogP contribution in [0, 0.1) is 11.3 Å². The van der Waals surface area contributed by atoms with E-state index >= 15 is 0 Å². The molecule has 0 amide bonds. The maximum absolute atomic E-state index is 8.85. The van der Waals surface area contributed by atoms with Gasteiger partial charge in [0, 0.05) is 19.3 Å². The van der Waals surface area contributed by atoms with E-state index in [1.807, 2.05) is 6.07 Å². The van der Waals surface area contributed by atoms with Crippen LogP contribution in [0.15, 0.2) is 24.4 Å². The van der Waals surface area contributed by atoms with Crippen LogP contribution in [0.2, 0.25) is 15.1 Å². The highest BCUT2D eigenvalue weighted by molar-refractivity contribution is 6.35. The van der Waals surface area contributed by atoms with Crippen molar-refractivity contribution in [1.82, 2.24) is 9.97 Å². The molecule has 2 N–H and O–H groups in total. The second-order valence-corrected chi connectivity index (χ2v) is 5.23. The number of pyridine rings is 2. The molecule has 5 nitrogen and oxygen atoms in total. The topological polar surface area (TPSA) is 73.6 Å². The molecule has 0 aromatic carbocycles. The lowest BCUT2D eigenvalue weighted by Gasteiger charge is -2.09. The van der Waals surface area contributed by atoms with E-state index in [2.05, 4.69) is 20.6 Å². The van der Waals surface area contributed by atoms with E-state index in [-0.39, 0.29) is 5.69 Å². The van der Waals surface area contributed by atoms with Gasteiger partial charge in [0.05, 0.1) is 15.1 Å². The third-order valence-corrected chi connectivity index (χ3v) is 3.28. The number of nitriles is 1. The van der Waals surface area contributed by atoms with Gasteiger partial charge in [-0.3, -0.25) is 0 Å². The molecule has 2 heterocycles. The Morgan fingerprint density at radius 2 is 1.86 bits per heavy atom. The summed E-state index contributed by atoms with van der Waals surface area (Å²) >= 11 is 17.6. The number of anilines is 2. The average Bonchev–Trinajstić information content (AvgIpc) is 2.47. The average molecular weight is 343 g/mol. The van der Waals surface area contributed by atoms with Gasteiger partial charge in [0.25, 0.3) is 0 Å². The SMILES string of the molecule is N#Cc1nc(NCCNc2ncc(Cl)cc2Cl)ccc1Cl. The van der Waals surface area contributed by atoms with Gasteiger partial charge in [-0.1, -0.05) is 34.8 Å². The molecule has 8 heteroatoms. The standard InChI is InChI=1S/C13H10Cl3N5/c14-8-5-10(16)13(20-7-8)19-4-3-18-12-2-1-9(15)11(6-17)21-12/h1-2,5,7H,3-4H2,(H,18,21)(H,19,20). The van der Waals surface area contributed by atoms with Gasteiger partial charge in [-0.05, 0) is 18.2 Å². The normalized spacial score (nSPS) is 10.0. The molecule has 108 valence electrons. The van der Waals surface area contributed by atoms with Gasteiger partial charge in [0.2, 0.25) is 0 Å². The molecular formula is C13H10Cl3N5. The van der Waals surface area contributed by atoms with Crippen LogP contribution >= 0.6 is 34.8 Å². The largest absolute Gasteiger partial charge is 0.368 e. The first kappa shape index (κ1) is 15.6. The van der Waals surface area contributed by atoms with Crippen molar-refractivity contribution in [3.05, 3.63) is 45.2 Å². The third-order valence-electron chi connectivity index (χ3n) is 2.48. The van der Waals surface area contributed by atoms with E-state index in [0.29, 0.717) is 39.8 Å². The van der Waals surface area contributed by atoms with Gasteiger partial charge in [-0.25, -0.2) is 9.97 Å². The minimum absolute atomic E-state index is 0.192. The molecule has 0 aliphatic heterocycles.